The third-order valence-electron chi connectivity index (χ3n) is 3.62. The highest BCUT2D eigenvalue weighted by Crippen LogP contribution is 2.21. The van der Waals surface area contributed by atoms with Gasteiger partial charge in [-0.15, -0.1) is 0 Å². The third kappa shape index (κ3) is 4.33. The molecule has 0 heterocycles. The van der Waals surface area contributed by atoms with Gasteiger partial charge in [0, 0.05) is 17.7 Å². The number of nitrogens with one attached hydrogen (secondary N) is 2. The molecule has 2 rings (SSSR count). The van der Waals surface area contributed by atoms with Gasteiger partial charge in [0.2, 0.25) is 5.91 Å². The van der Waals surface area contributed by atoms with Gasteiger partial charge in [0.15, 0.2) is 17.5 Å². The summed E-state index contributed by atoms with van der Waals surface area (Å²) >= 11 is 0. The van der Waals surface area contributed by atoms with Crippen LogP contribution in [0.5, 0.6) is 0 Å². The summed E-state index contributed by atoms with van der Waals surface area (Å²) in [6, 6.07) is 3.03. The Bertz CT molecular complexity index is 797. The van der Waals surface area contributed by atoms with Crippen molar-refractivity contribution < 1.29 is 26.7 Å². The van der Waals surface area contributed by atoms with E-state index in [4.69, 9.17) is 0 Å². The van der Waals surface area contributed by atoms with Crippen LogP contribution >= 0.6 is 0 Å². The van der Waals surface area contributed by atoms with E-state index in [1.54, 1.807) is 6.92 Å². The second kappa shape index (κ2) is 7.60. The lowest BCUT2D eigenvalue weighted by Crippen LogP contribution is -2.39. The molecule has 2 atom stereocenters. The number of carbonyl (C=O) groups excluding carboxylic acids is 1. The summed E-state index contributed by atoms with van der Waals surface area (Å²) in [6.07, 6.45) is 0. The van der Waals surface area contributed by atoms with E-state index in [0.717, 1.165) is 18.2 Å². The predicted molar refractivity (Wildman–Crippen MR) is 82.3 cm³/mol. The number of halogens is 5. The van der Waals surface area contributed by atoms with E-state index in [1.807, 2.05) is 0 Å². The fraction of sp³-hybridized carbons (Fsp3) is 0.235. The van der Waals surface area contributed by atoms with Gasteiger partial charge in [-0.2, -0.15) is 0 Å². The van der Waals surface area contributed by atoms with Gasteiger partial charge >= 0.3 is 0 Å². The van der Waals surface area contributed by atoms with Gasteiger partial charge in [-0.25, -0.2) is 22.0 Å². The molecular formula is C17H15F5N2O. The first kappa shape index (κ1) is 18.9. The molecule has 1 amide bonds. The van der Waals surface area contributed by atoms with E-state index in [9.17, 15) is 26.7 Å². The molecular weight excluding hydrogens is 343 g/mol. The van der Waals surface area contributed by atoms with Gasteiger partial charge in [-0.05, 0) is 32.0 Å². The van der Waals surface area contributed by atoms with Gasteiger partial charge in [-0.3, -0.25) is 10.1 Å². The van der Waals surface area contributed by atoms with Crippen molar-refractivity contribution >= 4 is 11.6 Å². The normalized spacial score (nSPS) is 13.4. The van der Waals surface area contributed by atoms with Crippen LogP contribution in [0.3, 0.4) is 0 Å². The zero-order valence-corrected chi connectivity index (χ0v) is 13.3. The van der Waals surface area contributed by atoms with Crippen molar-refractivity contribution in [1.29, 1.82) is 0 Å². The summed E-state index contributed by atoms with van der Waals surface area (Å²) in [5.41, 5.74) is -0.377. The van der Waals surface area contributed by atoms with Gasteiger partial charge < -0.3 is 5.32 Å². The molecule has 0 radical (unpaired) electrons. The number of hydrogen-bond acceptors (Lipinski definition) is 2. The van der Waals surface area contributed by atoms with Crippen LogP contribution in [0.4, 0.5) is 27.6 Å². The van der Waals surface area contributed by atoms with Crippen molar-refractivity contribution in [1.82, 2.24) is 5.32 Å². The van der Waals surface area contributed by atoms with Crippen molar-refractivity contribution in [2.45, 2.75) is 25.9 Å². The predicted octanol–water partition coefficient (Wildman–Crippen LogP) is 4.06. The molecule has 0 unspecified atom stereocenters. The van der Waals surface area contributed by atoms with Crippen molar-refractivity contribution in [3.63, 3.8) is 0 Å². The molecule has 0 fully saturated rings. The Morgan fingerprint density at radius 3 is 2.24 bits per heavy atom. The minimum atomic E-state index is -1.69. The van der Waals surface area contributed by atoms with Crippen LogP contribution in [0.2, 0.25) is 0 Å². The third-order valence-corrected chi connectivity index (χ3v) is 3.62. The minimum absolute atomic E-state index is 0.139. The molecule has 0 aliphatic heterocycles. The molecule has 0 saturated carbocycles. The lowest BCUT2D eigenvalue weighted by Gasteiger charge is -2.20. The summed E-state index contributed by atoms with van der Waals surface area (Å²) in [6.45, 7) is 2.98. The fourth-order valence-electron chi connectivity index (χ4n) is 2.26. The Balaban J connectivity index is 2.06. The Hall–Kier alpha value is -2.48. The smallest absolute Gasteiger partial charge is 0.241 e. The Morgan fingerprint density at radius 2 is 1.60 bits per heavy atom. The molecule has 0 spiro atoms. The quantitative estimate of drug-likeness (QED) is 0.625. The largest absolute Gasteiger partial charge is 0.322 e. The highest BCUT2D eigenvalue weighted by Gasteiger charge is 2.21. The van der Waals surface area contributed by atoms with E-state index in [-0.39, 0.29) is 5.56 Å². The zero-order chi connectivity index (χ0) is 18.7. The van der Waals surface area contributed by atoms with Gasteiger partial charge in [-0.1, -0.05) is 6.07 Å². The minimum Gasteiger partial charge on any atom is -0.322 e. The second-order valence-electron chi connectivity index (χ2n) is 5.49. The van der Waals surface area contributed by atoms with Gasteiger partial charge in [0.25, 0.3) is 0 Å². The highest BCUT2D eigenvalue weighted by molar-refractivity contribution is 5.94. The van der Waals surface area contributed by atoms with Crippen molar-refractivity contribution in [3.05, 3.63) is 65.0 Å². The number of benzene rings is 2. The summed E-state index contributed by atoms with van der Waals surface area (Å²) in [7, 11) is 0. The van der Waals surface area contributed by atoms with Gasteiger partial charge in [0.05, 0.1) is 11.7 Å². The molecule has 0 saturated heterocycles. The molecule has 0 aromatic heterocycles. The monoisotopic (exact) mass is 358 g/mol. The SMILES string of the molecule is C[C@@H](N[C@H](C)c1ccc(F)cc1F)C(=O)Nc1ccc(F)c(F)c1F. The number of carbonyl (C=O) groups is 1. The summed E-state index contributed by atoms with van der Waals surface area (Å²) < 4.78 is 66.3. The molecule has 134 valence electrons. The number of hydrogen-bond donors (Lipinski definition) is 2. The van der Waals surface area contributed by atoms with Crippen LogP contribution in [0, 0.1) is 29.1 Å². The van der Waals surface area contributed by atoms with Crippen LogP contribution in [0.15, 0.2) is 30.3 Å². The molecule has 0 aliphatic rings. The molecule has 25 heavy (non-hydrogen) atoms. The maximum Gasteiger partial charge on any atom is 0.241 e. The number of anilines is 1. The Kier molecular flexibility index (Phi) is 5.73. The van der Waals surface area contributed by atoms with Crippen LogP contribution in [0.1, 0.15) is 25.5 Å². The lowest BCUT2D eigenvalue weighted by molar-refractivity contribution is -0.118. The summed E-state index contributed by atoms with van der Waals surface area (Å²) in [5, 5.41) is 4.88. The van der Waals surface area contributed by atoms with Gasteiger partial charge in [0.1, 0.15) is 11.6 Å². The topological polar surface area (TPSA) is 41.1 Å². The second-order valence-corrected chi connectivity index (χ2v) is 5.49. The van der Waals surface area contributed by atoms with E-state index in [2.05, 4.69) is 10.6 Å². The zero-order valence-electron chi connectivity index (χ0n) is 13.3. The molecule has 2 N–H and O–H groups in total. The van der Waals surface area contributed by atoms with E-state index in [0.29, 0.717) is 6.07 Å². The van der Waals surface area contributed by atoms with Crippen LogP contribution in [0.25, 0.3) is 0 Å². The van der Waals surface area contributed by atoms with E-state index < -0.39 is 52.8 Å². The summed E-state index contributed by atoms with van der Waals surface area (Å²) in [4.78, 5) is 12.1. The number of amides is 1. The standard InChI is InChI=1S/C17H15F5N2O/c1-8(11-4-3-10(18)7-13(11)20)23-9(2)17(25)24-14-6-5-12(19)15(21)16(14)22/h3-9,23H,1-2H3,(H,24,25)/t8-,9-/m1/s1. The first-order valence-electron chi connectivity index (χ1n) is 7.36. The Morgan fingerprint density at radius 1 is 0.920 bits per heavy atom. The lowest BCUT2D eigenvalue weighted by atomic mass is 10.1. The van der Waals surface area contributed by atoms with Crippen LogP contribution in [-0.4, -0.2) is 11.9 Å². The maximum atomic E-state index is 13.7. The Labute approximate surface area is 140 Å². The number of rotatable bonds is 5. The van der Waals surface area contributed by atoms with Crippen LogP contribution < -0.4 is 10.6 Å². The average molecular weight is 358 g/mol. The van der Waals surface area contributed by atoms with Crippen molar-refractivity contribution in [3.8, 4) is 0 Å². The maximum absolute atomic E-state index is 13.7. The molecule has 2 aromatic carbocycles. The van der Waals surface area contributed by atoms with E-state index in [1.165, 1.54) is 13.0 Å². The molecule has 8 heteroatoms. The fourth-order valence-corrected chi connectivity index (χ4v) is 2.26. The first-order chi connectivity index (χ1) is 11.7. The highest BCUT2D eigenvalue weighted by atomic mass is 19.2. The van der Waals surface area contributed by atoms with E-state index >= 15 is 0 Å². The van der Waals surface area contributed by atoms with Crippen molar-refractivity contribution in [2.75, 3.05) is 5.32 Å². The van der Waals surface area contributed by atoms with Crippen molar-refractivity contribution in [2.24, 2.45) is 0 Å². The molecule has 0 aliphatic carbocycles. The van der Waals surface area contributed by atoms with Crippen LogP contribution in [-0.2, 0) is 4.79 Å². The summed E-state index contributed by atoms with van der Waals surface area (Å²) in [5.74, 6) is -6.83. The first-order valence-corrected chi connectivity index (χ1v) is 7.36. The average Bonchev–Trinajstić information content (AvgIpc) is 2.55. The molecule has 2 aromatic rings. The molecule has 0 bridgehead atoms. The molecule has 3 nitrogen and oxygen atoms in total.